The van der Waals surface area contributed by atoms with Gasteiger partial charge in [-0.2, -0.15) is 5.10 Å². The van der Waals surface area contributed by atoms with Crippen LogP contribution in [0.4, 0.5) is 5.82 Å². The summed E-state index contributed by atoms with van der Waals surface area (Å²) in [6, 6.07) is 2.14. The van der Waals surface area contributed by atoms with Crippen LogP contribution in [-0.4, -0.2) is 26.3 Å². The number of nitrogens with zero attached hydrogens (tertiary/aromatic N) is 4. The SMILES string of the molecule is CCc1cc2c(NCCn3cc(C)cn3)nc(Cl)nc2s1. The third-order valence-corrected chi connectivity index (χ3v) is 4.50. The summed E-state index contributed by atoms with van der Waals surface area (Å²) >= 11 is 7.67. The molecule has 0 fully saturated rings. The van der Waals surface area contributed by atoms with Crippen molar-refractivity contribution in [2.24, 2.45) is 0 Å². The van der Waals surface area contributed by atoms with Gasteiger partial charge in [0.05, 0.1) is 18.1 Å². The highest BCUT2D eigenvalue weighted by molar-refractivity contribution is 7.18. The Morgan fingerprint density at radius 2 is 2.24 bits per heavy atom. The first kappa shape index (κ1) is 14.3. The van der Waals surface area contributed by atoms with Crippen molar-refractivity contribution in [3.05, 3.63) is 34.2 Å². The maximum Gasteiger partial charge on any atom is 0.225 e. The van der Waals surface area contributed by atoms with Gasteiger partial charge in [0.1, 0.15) is 10.6 Å². The zero-order valence-electron chi connectivity index (χ0n) is 11.9. The van der Waals surface area contributed by atoms with Gasteiger partial charge in [-0.3, -0.25) is 4.68 Å². The fraction of sp³-hybridized carbons (Fsp3) is 0.357. The van der Waals surface area contributed by atoms with Crippen molar-refractivity contribution in [2.45, 2.75) is 26.8 Å². The van der Waals surface area contributed by atoms with Gasteiger partial charge in [-0.25, -0.2) is 9.97 Å². The molecule has 1 N–H and O–H groups in total. The molecule has 0 aliphatic rings. The van der Waals surface area contributed by atoms with Crippen molar-refractivity contribution in [1.29, 1.82) is 0 Å². The van der Waals surface area contributed by atoms with Gasteiger partial charge in [0.2, 0.25) is 5.28 Å². The molecule has 7 heteroatoms. The molecule has 3 aromatic heterocycles. The lowest BCUT2D eigenvalue weighted by atomic mass is 10.3. The highest BCUT2D eigenvalue weighted by atomic mass is 35.5. The van der Waals surface area contributed by atoms with Crippen molar-refractivity contribution in [3.8, 4) is 0 Å². The van der Waals surface area contributed by atoms with E-state index in [0.717, 1.165) is 41.1 Å². The van der Waals surface area contributed by atoms with Crippen molar-refractivity contribution in [1.82, 2.24) is 19.7 Å². The Morgan fingerprint density at radius 1 is 1.38 bits per heavy atom. The number of rotatable bonds is 5. The molecule has 0 saturated heterocycles. The Morgan fingerprint density at radius 3 is 2.95 bits per heavy atom. The maximum absolute atomic E-state index is 6.00. The molecule has 0 atom stereocenters. The molecular weight excluding hydrogens is 306 g/mol. The number of hydrogen-bond acceptors (Lipinski definition) is 5. The van der Waals surface area contributed by atoms with Gasteiger partial charge in [0.25, 0.3) is 0 Å². The minimum atomic E-state index is 0.282. The zero-order chi connectivity index (χ0) is 14.8. The Labute approximate surface area is 132 Å². The van der Waals surface area contributed by atoms with Crippen LogP contribution in [0.25, 0.3) is 10.2 Å². The van der Waals surface area contributed by atoms with Crippen LogP contribution in [0.5, 0.6) is 0 Å². The third-order valence-electron chi connectivity index (χ3n) is 3.16. The fourth-order valence-electron chi connectivity index (χ4n) is 2.13. The lowest BCUT2D eigenvalue weighted by molar-refractivity contribution is 0.637. The van der Waals surface area contributed by atoms with Crippen molar-refractivity contribution < 1.29 is 0 Å². The molecule has 3 rings (SSSR count). The van der Waals surface area contributed by atoms with Crippen molar-refractivity contribution in [3.63, 3.8) is 0 Å². The molecule has 110 valence electrons. The molecule has 0 amide bonds. The number of thiophene rings is 1. The second-order valence-electron chi connectivity index (χ2n) is 4.83. The lowest BCUT2D eigenvalue weighted by Crippen LogP contribution is -2.12. The molecule has 0 spiro atoms. The van der Waals surface area contributed by atoms with E-state index in [0.29, 0.717) is 0 Å². The first-order valence-corrected chi connectivity index (χ1v) is 8.04. The molecule has 21 heavy (non-hydrogen) atoms. The van der Waals surface area contributed by atoms with Crippen LogP contribution in [0.3, 0.4) is 0 Å². The van der Waals surface area contributed by atoms with Crippen LogP contribution in [0.15, 0.2) is 18.5 Å². The maximum atomic E-state index is 6.00. The van der Waals surface area contributed by atoms with Crippen LogP contribution in [-0.2, 0) is 13.0 Å². The van der Waals surface area contributed by atoms with Gasteiger partial charge >= 0.3 is 0 Å². The monoisotopic (exact) mass is 321 g/mol. The number of aryl methyl sites for hydroxylation is 2. The second-order valence-corrected chi connectivity index (χ2v) is 6.29. The largest absolute Gasteiger partial charge is 0.368 e. The number of hydrogen-bond donors (Lipinski definition) is 1. The topological polar surface area (TPSA) is 55.6 Å². The summed E-state index contributed by atoms with van der Waals surface area (Å²) in [4.78, 5) is 10.8. The predicted octanol–water partition coefficient (Wildman–Crippen LogP) is 3.52. The molecule has 5 nitrogen and oxygen atoms in total. The summed E-state index contributed by atoms with van der Waals surface area (Å²) in [6.45, 7) is 5.68. The Balaban J connectivity index is 1.77. The van der Waals surface area contributed by atoms with E-state index in [1.807, 2.05) is 24.0 Å². The minimum Gasteiger partial charge on any atom is -0.368 e. The zero-order valence-corrected chi connectivity index (χ0v) is 13.5. The molecule has 0 saturated carbocycles. The molecular formula is C14H16ClN5S. The summed E-state index contributed by atoms with van der Waals surface area (Å²) in [7, 11) is 0. The van der Waals surface area contributed by atoms with Gasteiger partial charge in [-0.15, -0.1) is 11.3 Å². The third kappa shape index (κ3) is 3.16. The highest BCUT2D eigenvalue weighted by Gasteiger charge is 2.10. The summed E-state index contributed by atoms with van der Waals surface area (Å²) in [5.41, 5.74) is 1.16. The van der Waals surface area contributed by atoms with Crippen LogP contribution in [0.2, 0.25) is 5.28 Å². The fourth-order valence-corrected chi connectivity index (χ4v) is 3.32. The first-order valence-electron chi connectivity index (χ1n) is 6.84. The van der Waals surface area contributed by atoms with Crippen molar-refractivity contribution >= 4 is 39.0 Å². The van der Waals surface area contributed by atoms with Crippen molar-refractivity contribution in [2.75, 3.05) is 11.9 Å². The van der Waals surface area contributed by atoms with Crippen LogP contribution >= 0.6 is 22.9 Å². The highest BCUT2D eigenvalue weighted by Crippen LogP contribution is 2.30. The molecule has 3 heterocycles. The molecule has 0 aliphatic heterocycles. The second kappa shape index (κ2) is 5.99. The molecule has 3 aromatic rings. The Hall–Kier alpha value is -1.66. The average Bonchev–Trinajstić information content (AvgIpc) is 3.04. The van der Waals surface area contributed by atoms with E-state index >= 15 is 0 Å². The van der Waals surface area contributed by atoms with Crippen LogP contribution in [0.1, 0.15) is 17.4 Å². The van der Waals surface area contributed by atoms with Gasteiger partial charge in [0, 0.05) is 17.6 Å². The summed E-state index contributed by atoms with van der Waals surface area (Å²) < 4.78 is 1.91. The molecule has 0 aromatic carbocycles. The minimum absolute atomic E-state index is 0.282. The lowest BCUT2D eigenvalue weighted by Gasteiger charge is -2.07. The summed E-state index contributed by atoms with van der Waals surface area (Å²) in [5.74, 6) is 0.796. The molecule has 0 radical (unpaired) electrons. The van der Waals surface area contributed by atoms with E-state index in [4.69, 9.17) is 11.6 Å². The smallest absolute Gasteiger partial charge is 0.225 e. The van der Waals surface area contributed by atoms with E-state index < -0.39 is 0 Å². The van der Waals surface area contributed by atoms with Gasteiger partial charge < -0.3 is 5.32 Å². The van der Waals surface area contributed by atoms with Gasteiger partial charge in [-0.1, -0.05) is 6.92 Å². The molecule has 0 bridgehead atoms. The van der Waals surface area contributed by atoms with E-state index in [1.165, 1.54) is 4.88 Å². The van der Waals surface area contributed by atoms with E-state index in [1.54, 1.807) is 11.3 Å². The quantitative estimate of drug-likeness (QED) is 0.730. The number of aromatic nitrogens is 4. The first-order chi connectivity index (χ1) is 10.2. The summed E-state index contributed by atoms with van der Waals surface area (Å²) in [5, 5.41) is 8.92. The Kier molecular flexibility index (Phi) is 4.07. The Bertz CT molecular complexity index is 764. The number of fused-ring (bicyclic) bond motifs is 1. The molecule has 0 unspecified atom stereocenters. The standard InChI is InChI=1S/C14H16ClN5S/c1-3-10-6-11-12(18-14(15)19-13(11)21-10)16-4-5-20-8-9(2)7-17-20/h6-8H,3-5H2,1-2H3,(H,16,18,19). The van der Waals surface area contributed by atoms with Crippen LogP contribution < -0.4 is 5.32 Å². The van der Waals surface area contributed by atoms with E-state index in [9.17, 15) is 0 Å². The normalized spacial score (nSPS) is 11.2. The predicted molar refractivity (Wildman–Crippen MR) is 87.3 cm³/mol. The number of anilines is 1. The number of nitrogens with one attached hydrogen (secondary N) is 1. The molecule has 0 aliphatic carbocycles. The van der Waals surface area contributed by atoms with Gasteiger partial charge in [-0.05, 0) is 36.6 Å². The summed E-state index contributed by atoms with van der Waals surface area (Å²) in [6.07, 6.45) is 4.86. The van der Waals surface area contributed by atoms with Crippen LogP contribution in [0, 0.1) is 6.92 Å². The van der Waals surface area contributed by atoms with E-state index in [2.05, 4.69) is 33.4 Å². The number of halogens is 1. The average molecular weight is 322 g/mol. The van der Waals surface area contributed by atoms with E-state index in [-0.39, 0.29) is 5.28 Å². The van der Waals surface area contributed by atoms with Gasteiger partial charge in [0.15, 0.2) is 0 Å².